The van der Waals surface area contributed by atoms with Gasteiger partial charge in [-0.2, -0.15) is 5.06 Å². The molecule has 0 spiro atoms. The maximum absolute atomic E-state index is 13.4. The maximum Gasteiger partial charge on any atom is 0.344 e. The number of nitrogens with zero attached hydrogens (tertiary/aromatic N) is 2. The summed E-state index contributed by atoms with van der Waals surface area (Å²) in [5.41, 5.74) is 1.60. The highest BCUT2D eigenvalue weighted by Crippen LogP contribution is 2.30. The molecular weight excluding hydrogens is 355 g/mol. The van der Waals surface area contributed by atoms with Crippen molar-refractivity contribution in [3.8, 4) is 0 Å². The number of halogens is 2. The normalized spacial score (nSPS) is 14.9. The first-order valence-corrected chi connectivity index (χ1v) is 9.09. The lowest BCUT2D eigenvalue weighted by molar-refractivity contribution is -0.175. The largest absolute Gasteiger partial charge is 0.344 e. The summed E-state index contributed by atoms with van der Waals surface area (Å²) in [5, 5.41) is 2.02. The monoisotopic (exact) mass is 376 g/mol. The van der Waals surface area contributed by atoms with Crippen molar-refractivity contribution in [2.24, 2.45) is 0 Å². The van der Waals surface area contributed by atoms with E-state index in [-0.39, 0.29) is 17.9 Å². The summed E-state index contributed by atoms with van der Waals surface area (Å²) in [6.07, 6.45) is 0.469. The van der Waals surface area contributed by atoms with E-state index < -0.39 is 6.10 Å². The number of benzene rings is 2. The van der Waals surface area contributed by atoms with E-state index in [1.54, 1.807) is 29.2 Å². The van der Waals surface area contributed by atoms with Gasteiger partial charge in [-0.1, -0.05) is 35.9 Å². The first-order chi connectivity index (χ1) is 12.5. The van der Waals surface area contributed by atoms with E-state index in [1.165, 1.54) is 17.2 Å². The van der Waals surface area contributed by atoms with Crippen LogP contribution in [0.15, 0.2) is 48.5 Å². The van der Waals surface area contributed by atoms with Gasteiger partial charge in [0.1, 0.15) is 11.9 Å². The third kappa shape index (κ3) is 4.17. The van der Waals surface area contributed by atoms with Crippen LogP contribution in [0.3, 0.4) is 0 Å². The minimum Gasteiger partial charge on any atom is -0.323 e. The number of rotatable bonds is 5. The molecule has 1 heterocycles. The van der Waals surface area contributed by atoms with Gasteiger partial charge in [0, 0.05) is 18.1 Å². The van der Waals surface area contributed by atoms with Gasteiger partial charge in [-0.15, -0.1) is 0 Å². The molecule has 0 aromatic heterocycles. The predicted octanol–water partition coefficient (Wildman–Crippen LogP) is 5.04. The van der Waals surface area contributed by atoms with Gasteiger partial charge in [0.25, 0.3) is 0 Å². The van der Waals surface area contributed by atoms with Crippen LogP contribution >= 0.6 is 11.6 Å². The maximum atomic E-state index is 13.4. The van der Waals surface area contributed by atoms with Crippen LogP contribution in [0, 0.1) is 5.82 Å². The summed E-state index contributed by atoms with van der Waals surface area (Å²) >= 11 is 6.00. The number of hydrogen-bond donors (Lipinski definition) is 0. The summed E-state index contributed by atoms with van der Waals surface area (Å²) in [5.74, 6) is -0.319. The third-order valence-corrected chi connectivity index (χ3v) is 4.60. The second kappa shape index (κ2) is 8.06. The molecule has 0 radical (unpaired) electrons. The lowest BCUT2D eigenvalue weighted by atomic mass is 10.0. The molecule has 1 aliphatic heterocycles. The molecule has 0 aliphatic carbocycles. The molecule has 1 fully saturated rings. The first kappa shape index (κ1) is 18.7. The molecule has 1 aliphatic rings. The zero-order chi connectivity index (χ0) is 18.7. The number of hydrogen-bond acceptors (Lipinski definition) is 2. The first-order valence-electron chi connectivity index (χ1n) is 8.71. The van der Waals surface area contributed by atoms with Crippen molar-refractivity contribution in [1.29, 1.82) is 0 Å². The molecule has 0 saturated carbocycles. The Morgan fingerprint density at radius 2 is 1.62 bits per heavy atom. The van der Waals surface area contributed by atoms with E-state index in [9.17, 15) is 9.18 Å². The molecule has 1 unspecified atom stereocenters. The average Bonchev–Trinajstić information content (AvgIpc) is 2.56. The molecule has 138 valence electrons. The Labute approximate surface area is 158 Å². The zero-order valence-electron chi connectivity index (χ0n) is 14.9. The smallest absolute Gasteiger partial charge is 0.323 e. The molecule has 2 amide bonds. The van der Waals surface area contributed by atoms with E-state index in [1.807, 2.05) is 26.0 Å². The van der Waals surface area contributed by atoms with Gasteiger partial charge in [-0.05, 0) is 55.7 Å². The quantitative estimate of drug-likeness (QED) is 0.685. The summed E-state index contributed by atoms with van der Waals surface area (Å²) in [7, 11) is 0. The van der Waals surface area contributed by atoms with E-state index >= 15 is 0 Å². The van der Waals surface area contributed by atoms with Crippen molar-refractivity contribution in [1.82, 2.24) is 9.96 Å². The Hall–Kier alpha value is -2.11. The van der Waals surface area contributed by atoms with E-state index in [2.05, 4.69) is 0 Å². The minimum absolute atomic E-state index is 0.140. The van der Waals surface area contributed by atoms with Crippen molar-refractivity contribution < 1.29 is 14.0 Å². The van der Waals surface area contributed by atoms with Gasteiger partial charge in [-0.3, -0.25) is 4.84 Å². The molecule has 2 aromatic carbocycles. The van der Waals surface area contributed by atoms with Gasteiger partial charge >= 0.3 is 6.03 Å². The van der Waals surface area contributed by atoms with Crippen molar-refractivity contribution in [3.63, 3.8) is 0 Å². The summed E-state index contributed by atoms with van der Waals surface area (Å²) in [6, 6.07) is 13.1. The number of carbonyl (C=O) groups is 1. The fourth-order valence-corrected chi connectivity index (χ4v) is 2.86. The number of carbonyl (C=O) groups excluding carboxylic acids is 1. The summed E-state index contributed by atoms with van der Waals surface area (Å²) in [6.45, 7) is 5.30. The molecule has 0 N–H and O–H groups in total. The van der Waals surface area contributed by atoms with Gasteiger partial charge in [0.05, 0.1) is 6.04 Å². The van der Waals surface area contributed by atoms with Crippen LogP contribution in [-0.2, 0) is 4.84 Å². The van der Waals surface area contributed by atoms with Gasteiger partial charge in [0.15, 0.2) is 0 Å². The van der Waals surface area contributed by atoms with Crippen LogP contribution in [0.25, 0.3) is 0 Å². The third-order valence-electron chi connectivity index (χ3n) is 4.35. The van der Waals surface area contributed by atoms with Crippen LogP contribution in [0.2, 0.25) is 5.02 Å². The zero-order valence-corrected chi connectivity index (χ0v) is 15.6. The molecule has 6 heteroatoms. The topological polar surface area (TPSA) is 32.8 Å². The molecule has 4 nitrogen and oxygen atoms in total. The van der Waals surface area contributed by atoms with Gasteiger partial charge in [0.2, 0.25) is 0 Å². The van der Waals surface area contributed by atoms with Crippen molar-refractivity contribution in [2.75, 3.05) is 13.1 Å². The number of hydroxylamine groups is 2. The van der Waals surface area contributed by atoms with Crippen molar-refractivity contribution in [2.45, 2.75) is 32.4 Å². The fraction of sp³-hybridized carbons (Fsp3) is 0.350. The minimum atomic E-state index is -0.541. The van der Waals surface area contributed by atoms with Crippen LogP contribution in [0.5, 0.6) is 0 Å². The van der Waals surface area contributed by atoms with Crippen LogP contribution in [0.1, 0.15) is 37.5 Å². The Morgan fingerprint density at radius 1 is 1.08 bits per heavy atom. The molecule has 2 aromatic rings. The van der Waals surface area contributed by atoms with Crippen molar-refractivity contribution in [3.05, 3.63) is 70.5 Å². The Kier molecular flexibility index (Phi) is 5.79. The van der Waals surface area contributed by atoms with Gasteiger partial charge < -0.3 is 4.90 Å². The standard InChI is InChI=1S/C20H22ClFN2O2/c1-14(2)24(20(25)23-12-3-13-23)26-19(15-4-8-17(21)9-5-15)16-6-10-18(22)11-7-16/h4-11,14,19H,3,12-13H2,1-2H3. The fourth-order valence-electron chi connectivity index (χ4n) is 2.74. The molecule has 3 rings (SSSR count). The Balaban J connectivity index is 1.92. The van der Waals surface area contributed by atoms with E-state index in [0.717, 1.165) is 30.6 Å². The second-order valence-corrected chi connectivity index (χ2v) is 7.07. The molecule has 1 saturated heterocycles. The molecule has 0 bridgehead atoms. The lowest BCUT2D eigenvalue weighted by Gasteiger charge is -2.38. The van der Waals surface area contributed by atoms with Crippen LogP contribution in [0.4, 0.5) is 9.18 Å². The summed E-state index contributed by atoms with van der Waals surface area (Å²) < 4.78 is 13.4. The molecule has 26 heavy (non-hydrogen) atoms. The van der Waals surface area contributed by atoms with E-state index in [4.69, 9.17) is 16.4 Å². The van der Waals surface area contributed by atoms with Crippen LogP contribution in [-0.4, -0.2) is 35.1 Å². The number of amides is 2. The Bertz CT molecular complexity index is 700. The highest BCUT2D eigenvalue weighted by molar-refractivity contribution is 6.30. The Morgan fingerprint density at radius 3 is 2.08 bits per heavy atom. The molecule has 1 atom stereocenters. The SMILES string of the molecule is CC(C)N(OC(c1ccc(F)cc1)c1ccc(Cl)cc1)C(=O)N1CCC1. The predicted molar refractivity (Wildman–Crippen MR) is 99.3 cm³/mol. The van der Waals surface area contributed by atoms with Crippen molar-refractivity contribution >= 4 is 17.6 Å². The highest BCUT2D eigenvalue weighted by atomic mass is 35.5. The highest BCUT2D eigenvalue weighted by Gasteiger charge is 2.31. The lowest BCUT2D eigenvalue weighted by Crippen LogP contribution is -2.52. The average molecular weight is 377 g/mol. The second-order valence-electron chi connectivity index (χ2n) is 6.63. The van der Waals surface area contributed by atoms with E-state index in [0.29, 0.717) is 5.02 Å². The summed E-state index contributed by atoms with van der Waals surface area (Å²) in [4.78, 5) is 20.6. The number of likely N-dealkylation sites (tertiary alicyclic amines) is 1. The van der Waals surface area contributed by atoms with Crippen LogP contribution < -0.4 is 0 Å². The number of urea groups is 1. The van der Waals surface area contributed by atoms with Gasteiger partial charge in [-0.25, -0.2) is 9.18 Å². The molecular formula is C20H22ClFN2O2.